The number of thioether (sulfide) groups is 2. The number of oxime groups is 1. The second-order valence-corrected chi connectivity index (χ2v) is 25.3. The molecule has 3 aliphatic rings. The summed E-state index contributed by atoms with van der Waals surface area (Å²) in [5, 5.41) is 11.8. The van der Waals surface area contributed by atoms with Crippen molar-refractivity contribution in [1.29, 1.82) is 0 Å². The van der Waals surface area contributed by atoms with E-state index in [4.69, 9.17) is 28.8 Å². The van der Waals surface area contributed by atoms with Gasteiger partial charge in [-0.1, -0.05) is 169 Å². The van der Waals surface area contributed by atoms with E-state index >= 15 is 9.59 Å². The van der Waals surface area contributed by atoms with Crippen LogP contribution in [-0.2, 0) is 55.2 Å². The SMILES string of the molecule is COc1ccc(COC2C=NC(C(C)SC3=C(C(=O)OC(c4ccccc4)c4ccccc4)N4C(=O)C(NC(=O)/C(=N\OC(C)(C)C(=O)OC(C)(C)C)c5csc(NC(c6ccccc6)(c6ccccc6)c6ccccc6)n5)[C@@H]4SC3)=CC2=O)cc1. The summed E-state index contributed by atoms with van der Waals surface area (Å²) in [6.45, 7) is 10.2. The number of methoxy groups -OCH3 is 1. The monoisotopic (exact) mass is 1210 g/mol. The van der Waals surface area contributed by atoms with Crippen molar-refractivity contribution < 1.29 is 47.8 Å². The fourth-order valence-electron chi connectivity index (χ4n) is 9.83. The molecule has 0 bridgehead atoms. The maximum Gasteiger partial charge on any atom is 0.356 e. The average Bonchev–Trinajstić information content (AvgIpc) is 0.994. The number of thiazole rings is 1. The van der Waals surface area contributed by atoms with E-state index in [9.17, 15) is 14.4 Å². The van der Waals surface area contributed by atoms with Gasteiger partial charge >= 0.3 is 11.9 Å². The van der Waals surface area contributed by atoms with E-state index in [1.54, 1.807) is 33.3 Å². The van der Waals surface area contributed by atoms with Gasteiger partial charge in [0.2, 0.25) is 5.60 Å². The third kappa shape index (κ3) is 13.6. The van der Waals surface area contributed by atoms with Crippen molar-refractivity contribution in [1.82, 2.24) is 15.2 Å². The van der Waals surface area contributed by atoms with Crippen LogP contribution in [0, 0.1) is 0 Å². The molecule has 2 amide bonds. The number of fused-ring (bicyclic) bond motifs is 1. The Kier molecular flexibility index (Phi) is 18.5. The third-order valence-corrected chi connectivity index (χ3v) is 17.7. The van der Waals surface area contributed by atoms with Crippen molar-refractivity contribution in [2.24, 2.45) is 10.1 Å². The number of ether oxygens (including phenoxy) is 4. The average molecular weight is 1210 g/mol. The molecule has 7 aromatic rings. The number of aromatic nitrogens is 1. The molecular formula is C67H64N6O10S3. The minimum atomic E-state index is -1.69. The molecule has 6 aromatic carbocycles. The summed E-state index contributed by atoms with van der Waals surface area (Å²) >= 11 is 3.84. The first-order valence-electron chi connectivity index (χ1n) is 27.8. The number of ketones is 1. The molecule has 0 saturated carbocycles. The molecule has 10 rings (SSSR count). The molecule has 3 unspecified atom stereocenters. The highest BCUT2D eigenvalue weighted by atomic mass is 32.2. The lowest BCUT2D eigenvalue weighted by Gasteiger charge is -2.49. The van der Waals surface area contributed by atoms with Crippen molar-refractivity contribution in [2.45, 2.75) is 93.8 Å². The molecule has 1 fully saturated rings. The highest BCUT2D eigenvalue weighted by Crippen LogP contribution is 2.47. The smallest absolute Gasteiger partial charge is 0.356 e. The largest absolute Gasteiger partial charge is 0.497 e. The van der Waals surface area contributed by atoms with Crippen LogP contribution >= 0.6 is 34.9 Å². The van der Waals surface area contributed by atoms with Crippen LogP contribution in [0.25, 0.3) is 0 Å². The molecule has 0 radical (unpaired) electrons. The zero-order chi connectivity index (χ0) is 60.6. The van der Waals surface area contributed by atoms with Gasteiger partial charge in [-0.2, -0.15) is 0 Å². The van der Waals surface area contributed by atoms with E-state index in [0.717, 1.165) is 22.3 Å². The Morgan fingerprint density at radius 1 is 0.767 bits per heavy atom. The fraction of sp³-hybridized carbons (Fsp3) is 0.254. The van der Waals surface area contributed by atoms with Crippen LogP contribution in [0.15, 0.2) is 214 Å². The van der Waals surface area contributed by atoms with E-state index in [1.807, 2.05) is 183 Å². The number of hydrogen-bond donors (Lipinski definition) is 2. The summed E-state index contributed by atoms with van der Waals surface area (Å²) < 4.78 is 23.4. The molecule has 4 atom stereocenters. The highest BCUT2D eigenvalue weighted by molar-refractivity contribution is 8.06. The lowest BCUT2D eigenvalue weighted by molar-refractivity contribution is -0.179. The van der Waals surface area contributed by atoms with E-state index in [1.165, 1.54) is 65.9 Å². The first-order chi connectivity index (χ1) is 41.4. The van der Waals surface area contributed by atoms with Crippen LogP contribution in [0.2, 0.25) is 0 Å². The predicted molar refractivity (Wildman–Crippen MR) is 336 cm³/mol. The Morgan fingerprint density at radius 2 is 1.33 bits per heavy atom. The summed E-state index contributed by atoms with van der Waals surface area (Å²) in [5.74, 6) is -2.32. The molecule has 1 aromatic heterocycles. The molecule has 4 heterocycles. The molecule has 0 aliphatic carbocycles. The molecule has 0 spiro atoms. The Morgan fingerprint density at radius 3 is 1.86 bits per heavy atom. The van der Waals surface area contributed by atoms with Gasteiger partial charge < -0.3 is 34.4 Å². The van der Waals surface area contributed by atoms with Gasteiger partial charge in [-0.05, 0) is 87.1 Å². The lowest BCUT2D eigenvalue weighted by atomic mass is 9.77. The lowest BCUT2D eigenvalue weighted by Crippen LogP contribution is -2.71. The summed E-state index contributed by atoms with van der Waals surface area (Å²) in [7, 11) is 1.59. The number of amides is 2. The van der Waals surface area contributed by atoms with Crippen LogP contribution in [0.5, 0.6) is 5.75 Å². The minimum absolute atomic E-state index is 0.00402. The number of aliphatic imine (C=N–C) groups is 1. The maximum absolute atomic E-state index is 15.1. The first kappa shape index (κ1) is 60.5. The quantitative estimate of drug-likeness (QED) is 0.0214. The minimum Gasteiger partial charge on any atom is -0.497 e. The predicted octanol–water partition coefficient (Wildman–Crippen LogP) is 11.6. The van der Waals surface area contributed by atoms with Gasteiger partial charge in [0.25, 0.3) is 11.8 Å². The van der Waals surface area contributed by atoms with Gasteiger partial charge in [0.15, 0.2) is 28.8 Å². The van der Waals surface area contributed by atoms with Crippen molar-refractivity contribution in [3.05, 3.63) is 243 Å². The Balaban J connectivity index is 0.954. The number of carbonyl (C=O) groups excluding carboxylic acids is 5. The van der Waals surface area contributed by atoms with E-state index < -0.39 is 69.4 Å². The van der Waals surface area contributed by atoms with E-state index in [2.05, 4.69) is 20.8 Å². The van der Waals surface area contributed by atoms with Crippen LogP contribution in [0.3, 0.4) is 0 Å². The Hall–Kier alpha value is -8.62. The van der Waals surface area contributed by atoms with Gasteiger partial charge in [0.05, 0.1) is 19.4 Å². The van der Waals surface area contributed by atoms with Gasteiger partial charge in [0, 0.05) is 33.6 Å². The van der Waals surface area contributed by atoms with Gasteiger partial charge in [0.1, 0.15) is 39.7 Å². The first-order valence-corrected chi connectivity index (χ1v) is 30.6. The molecule has 19 heteroatoms. The number of benzene rings is 6. The number of carbonyl (C=O) groups is 5. The van der Waals surface area contributed by atoms with Gasteiger partial charge in [-0.3, -0.25) is 24.3 Å². The van der Waals surface area contributed by atoms with Gasteiger partial charge in [-0.15, -0.1) is 34.9 Å². The number of nitrogens with one attached hydrogen (secondary N) is 2. The molecule has 440 valence electrons. The van der Waals surface area contributed by atoms with Crippen molar-refractivity contribution in [3.8, 4) is 5.75 Å². The maximum atomic E-state index is 15.1. The van der Waals surface area contributed by atoms with Crippen LogP contribution in [0.4, 0.5) is 5.13 Å². The Bertz CT molecular complexity index is 3570. The molecular weight excluding hydrogens is 1140 g/mol. The molecule has 16 nitrogen and oxygen atoms in total. The summed E-state index contributed by atoms with van der Waals surface area (Å²) in [5.41, 5.74) is 1.66. The summed E-state index contributed by atoms with van der Waals surface area (Å²) in [4.78, 5) is 89.6. The number of anilines is 1. The normalized spacial score (nSPS) is 17.4. The number of rotatable bonds is 22. The second-order valence-electron chi connectivity index (χ2n) is 21.9. The van der Waals surface area contributed by atoms with Gasteiger partial charge in [-0.25, -0.2) is 14.6 Å². The molecule has 2 N–H and O–H groups in total. The fourth-order valence-corrected chi connectivity index (χ4v) is 13.2. The number of hydrogen-bond acceptors (Lipinski definition) is 17. The highest BCUT2D eigenvalue weighted by Gasteiger charge is 2.55. The molecule has 1 saturated heterocycles. The standard InChI is InChI=1S/C67H64N6O10S3/c1-42(50-37-52(74)53(38-68-50)80-39-43-33-35-49(79-7)36-34-43)86-54-41-84-61-56(60(76)73(61)57(54)62(77)81-58(44-23-13-8-14-24-44)45-25-15-9-16-26-45)70-59(75)55(72-83-66(5,6)63(78)82-65(2,3)4)51-40-85-64(69-51)71-67(46-27-17-10-18-28-46,47-29-19-11-20-30-47)48-31-21-12-22-32-48/h8-38,40,42,53,56,58,61H,39,41H2,1-7H3,(H,69,71)(H,70,75)/b72-55-/t42?,53?,56?,61-/m0/s1. The summed E-state index contributed by atoms with van der Waals surface area (Å²) in [6, 6.07) is 54.6. The third-order valence-electron chi connectivity index (χ3n) is 14.2. The van der Waals surface area contributed by atoms with Crippen molar-refractivity contribution in [3.63, 3.8) is 0 Å². The van der Waals surface area contributed by atoms with Crippen LogP contribution < -0.4 is 15.4 Å². The zero-order valence-corrected chi connectivity index (χ0v) is 50.8. The van der Waals surface area contributed by atoms with Crippen LogP contribution in [0.1, 0.15) is 86.7 Å². The number of β-lactam (4-membered cyclic amide) rings is 1. The molecule has 86 heavy (non-hydrogen) atoms. The van der Waals surface area contributed by atoms with E-state index in [-0.39, 0.29) is 35.2 Å². The van der Waals surface area contributed by atoms with Crippen LogP contribution in [-0.4, -0.2) is 98.2 Å². The number of nitrogens with zero attached hydrogens (tertiary/aromatic N) is 4. The number of esters is 2. The zero-order valence-electron chi connectivity index (χ0n) is 48.4. The second kappa shape index (κ2) is 26.3. The Labute approximate surface area is 512 Å². The molecule has 3 aliphatic heterocycles. The van der Waals surface area contributed by atoms with Crippen molar-refractivity contribution >= 4 is 81.5 Å². The topological polar surface area (TPSA) is 196 Å². The van der Waals surface area contributed by atoms with Crippen molar-refractivity contribution in [2.75, 3.05) is 18.2 Å². The summed E-state index contributed by atoms with van der Waals surface area (Å²) in [6.07, 6.45) is 1.15. The van der Waals surface area contributed by atoms with E-state index in [0.29, 0.717) is 32.6 Å².